The molecule has 0 unspecified atom stereocenters. The first-order chi connectivity index (χ1) is 17.0. The zero-order valence-electron chi connectivity index (χ0n) is 19.7. The fourth-order valence-electron chi connectivity index (χ4n) is 3.08. The predicted octanol–water partition coefficient (Wildman–Crippen LogP) is 4.02. The van der Waals surface area contributed by atoms with Gasteiger partial charge in [0.2, 0.25) is 5.91 Å². The molecule has 0 spiro atoms. The van der Waals surface area contributed by atoms with Gasteiger partial charge in [-0.05, 0) is 59.2 Å². The smallest absolute Gasteiger partial charge is 0.336 e. The van der Waals surface area contributed by atoms with Gasteiger partial charge in [0.25, 0.3) is 0 Å². The molecule has 8 nitrogen and oxygen atoms in total. The summed E-state index contributed by atoms with van der Waals surface area (Å²) in [5, 5.41) is 3.98. The summed E-state index contributed by atoms with van der Waals surface area (Å²) >= 11 is 0. The summed E-state index contributed by atoms with van der Waals surface area (Å²) in [6.07, 6.45) is 4.59. The van der Waals surface area contributed by atoms with Gasteiger partial charge in [-0.1, -0.05) is 30.3 Å². The molecule has 0 aliphatic heterocycles. The van der Waals surface area contributed by atoms with Crippen molar-refractivity contribution in [1.29, 1.82) is 0 Å². The van der Waals surface area contributed by atoms with Crippen LogP contribution in [0.15, 0.2) is 77.9 Å². The third-order valence-corrected chi connectivity index (χ3v) is 4.82. The largest absolute Gasteiger partial charge is 0.497 e. The van der Waals surface area contributed by atoms with Crippen molar-refractivity contribution in [3.63, 3.8) is 0 Å². The Labute approximate surface area is 203 Å². The maximum atomic E-state index is 12.2. The Morgan fingerprint density at radius 1 is 0.829 bits per heavy atom. The molecule has 0 saturated carbocycles. The number of benzene rings is 3. The van der Waals surface area contributed by atoms with E-state index in [1.165, 1.54) is 19.4 Å². The molecule has 0 aliphatic rings. The summed E-state index contributed by atoms with van der Waals surface area (Å²) in [5.74, 6) is 1.42. The first kappa shape index (κ1) is 25.0. The lowest BCUT2D eigenvalue weighted by molar-refractivity contribution is -0.129. The fraction of sp³-hybridized carbons (Fsp3) is 0.148. The summed E-state index contributed by atoms with van der Waals surface area (Å²) in [6, 6.07) is 19.3. The van der Waals surface area contributed by atoms with Crippen LogP contribution in [0, 0.1) is 0 Å². The van der Waals surface area contributed by atoms with E-state index >= 15 is 0 Å². The van der Waals surface area contributed by atoms with Crippen LogP contribution in [-0.2, 0) is 16.0 Å². The van der Waals surface area contributed by atoms with Crippen LogP contribution in [0.3, 0.4) is 0 Å². The fourth-order valence-corrected chi connectivity index (χ4v) is 3.08. The first-order valence-corrected chi connectivity index (χ1v) is 10.7. The Kier molecular flexibility index (Phi) is 9.01. The van der Waals surface area contributed by atoms with E-state index in [1.54, 1.807) is 74.9 Å². The van der Waals surface area contributed by atoms with Crippen molar-refractivity contribution < 1.29 is 28.5 Å². The van der Waals surface area contributed by atoms with Crippen molar-refractivity contribution in [2.24, 2.45) is 5.10 Å². The number of hydrazone groups is 1. The average Bonchev–Trinajstić information content (AvgIpc) is 2.88. The van der Waals surface area contributed by atoms with Gasteiger partial charge >= 0.3 is 5.97 Å². The van der Waals surface area contributed by atoms with E-state index in [4.69, 9.17) is 18.9 Å². The molecule has 0 heterocycles. The van der Waals surface area contributed by atoms with Crippen molar-refractivity contribution in [2.45, 2.75) is 6.42 Å². The van der Waals surface area contributed by atoms with Gasteiger partial charge in [0.1, 0.15) is 11.5 Å². The average molecular weight is 475 g/mol. The number of ether oxygens (including phenoxy) is 4. The molecule has 35 heavy (non-hydrogen) atoms. The van der Waals surface area contributed by atoms with Crippen molar-refractivity contribution in [2.75, 3.05) is 21.3 Å². The molecule has 0 radical (unpaired) electrons. The molecule has 0 bridgehead atoms. The molecule has 1 N–H and O–H groups in total. The van der Waals surface area contributed by atoms with Crippen LogP contribution in [0.1, 0.15) is 16.7 Å². The highest BCUT2D eigenvalue weighted by Gasteiger charge is 2.08. The van der Waals surface area contributed by atoms with E-state index in [9.17, 15) is 9.59 Å². The van der Waals surface area contributed by atoms with Gasteiger partial charge in [-0.25, -0.2) is 10.2 Å². The summed E-state index contributed by atoms with van der Waals surface area (Å²) < 4.78 is 20.9. The second kappa shape index (κ2) is 12.6. The minimum Gasteiger partial charge on any atom is -0.497 e. The molecular weight excluding hydrogens is 448 g/mol. The zero-order valence-corrected chi connectivity index (χ0v) is 19.7. The Morgan fingerprint density at radius 3 is 2.31 bits per heavy atom. The van der Waals surface area contributed by atoms with E-state index in [0.29, 0.717) is 22.8 Å². The molecule has 1 amide bonds. The molecule has 3 aromatic carbocycles. The number of carbonyl (C=O) groups is 2. The quantitative estimate of drug-likeness (QED) is 0.157. The highest BCUT2D eigenvalue weighted by Crippen LogP contribution is 2.27. The van der Waals surface area contributed by atoms with Gasteiger partial charge in [0.05, 0.1) is 34.0 Å². The third kappa shape index (κ3) is 7.75. The molecule has 0 saturated heterocycles. The Morgan fingerprint density at radius 2 is 1.60 bits per heavy atom. The zero-order chi connectivity index (χ0) is 25.0. The van der Waals surface area contributed by atoms with Crippen molar-refractivity contribution in [3.8, 4) is 23.0 Å². The minimum atomic E-state index is -0.516. The van der Waals surface area contributed by atoms with E-state index in [1.807, 2.05) is 12.1 Å². The van der Waals surface area contributed by atoms with Gasteiger partial charge in [0, 0.05) is 6.08 Å². The van der Waals surface area contributed by atoms with Crippen molar-refractivity contribution in [3.05, 3.63) is 89.5 Å². The molecule has 8 heteroatoms. The SMILES string of the molecule is COc1ccc(/C=C/C(=O)Oc2cccc(/C=N\NC(=O)Cc3ccc(OC)c(OC)c3)c2)cc1. The molecule has 0 fully saturated rings. The van der Waals surface area contributed by atoms with Gasteiger partial charge < -0.3 is 18.9 Å². The number of methoxy groups -OCH3 is 3. The normalized spacial score (nSPS) is 10.8. The van der Waals surface area contributed by atoms with Crippen LogP contribution < -0.4 is 24.4 Å². The van der Waals surface area contributed by atoms with Crippen LogP contribution >= 0.6 is 0 Å². The lowest BCUT2D eigenvalue weighted by atomic mass is 10.1. The summed E-state index contributed by atoms with van der Waals surface area (Å²) in [5.41, 5.74) is 4.73. The summed E-state index contributed by atoms with van der Waals surface area (Å²) in [4.78, 5) is 24.4. The van der Waals surface area contributed by atoms with Gasteiger partial charge in [-0.3, -0.25) is 4.79 Å². The van der Waals surface area contributed by atoms with Gasteiger partial charge in [-0.2, -0.15) is 5.10 Å². The number of hydrogen-bond acceptors (Lipinski definition) is 7. The Bertz CT molecular complexity index is 1220. The number of rotatable bonds is 10. The van der Waals surface area contributed by atoms with Gasteiger partial charge in [0.15, 0.2) is 11.5 Å². The maximum absolute atomic E-state index is 12.2. The molecular formula is C27H26N2O6. The number of nitrogens with zero attached hydrogens (tertiary/aromatic N) is 1. The molecule has 3 rings (SSSR count). The van der Waals surface area contributed by atoms with E-state index < -0.39 is 5.97 Å². The van der Waals surface area contributed by atoms with Crippen LogP contribution in [0.4, 0.5) is 0 Å². The van der Waals surface area contributed by atoms with E-state index in [0.717, 1.165) is 16.9 Å². The van der Waals surface area contributed by atoms with E-state index in [2.05, 4.69) is 10.5 Å². The molecule has 0 aromatic heterocycles. The second-order valence-electron chi connectivity index (χ2n) is 7.26. The van der Waals surface area contributed by atoms with Crippen LogP contribution in [-0.4, -0.2) is 39.4 Å². The number of esters is 1. The number of amides is 1. The monoisotopic (exact) mass is 474 g/mol. The molecule has 0 atom stereocenters. The lowest BCUT2D eigenvalue weighted by Crippen LogP contribution is -2.19. The van der Waals surface area contributed by atoms with Crippen LogP contribution in [0.5, 0.6) is 23.0 Å². The second-order valence-corrected chi connectivity index (χ2v) is 7.26. The number of hydrogen-bond donors (Lipinski definition) is 1. The number of carbonyl (C=O) groups excluding carboxylic acids is 2. The predicted molar refractivity (Wildman–Crippen MR) is 133 cm³/mol. The van der Waals surface area contributed by atoms with Crippen LogP contribution in [0.25, 0.3) is 6.08 Å². The Hall–Kier alpha value is -4.59. The molecule has 0 aliphatic carbocycles. The molecule has 3 aromatic rings. The molecule has 180 valence electrons. The van der Waals surface area contributed by atoms with E-state index in [-0.39, 0.29) is 12.3 Å². The first-order valence-electron chi connectivity index (χ1n) is 10.7. The lowest BCUT2D eigenvalue weighted by Gasteiger charge is -2.09. The highest BCUT2D eigenvalue weighted by atomic mass is 16.5. The summed E-state index contributed by atoms with van der Waals surface area (Å²) in [7, 11) is 4.68. The Balaban J connectivity index is 1.52. The maximum Gasteiger partial charge on any atom is 0.336 e. The third-order valence-electron chi connectivity index (χ3n) is 4.82. The van der Waals surface area contributed by atoms with Crippen molar-refractivity contribution in [1.82, 2.24) is 5.43 Å². The highest BCUT2D eigenvalue weighted by molar-refractivity contribution is 5.89. The summed E-state index contributed by atoms with van der Waals surface area (Å²) in [6.45, 7) is 0. The van der Waals surface area contributed by atoms with Crippen molar-refractivity contribution >= 4 is 24.2 Å². The minimum absolute atomic E-state index is 0.121. The topological polar surface area (TPSA) is 95.5 Å². The van der Waals surface area contributed by atoms with Gasteiger partial charge in [-0.15, -0.1) is 0 Å². The standard InChI is InChI=1S/C27H26N2O6/c1-32-22-11-7-19(8-12-22)10-14-27(31)35-23-6-4-5-21(15-23)18-28-29-26(30)17-20-9-13-24(33-2)25(16-20)34-3/h4-16,18H,17H2,1-3H3,(H,29,30)/b14-10+,28-18-. The number of nitrogens with one attached hydrogen (secondary N) is 1. The van der Waals surface area contributed by atoms with Crippen LogP contribution in [0.2, 0.25) is 0 Å².